The Bertz CT molecular complexity index is 518. The third-order valence-electron chi connectivity index (χ3n) is 3.02. The normalized spacial score (nSPS) is 10.7. The van der Waals surface area contributed by atoms with Gasteiger partial charge in [-0.15, -0.1) is 0 Å². The molecular formula is C13H19N5. The first kappa shape index (κ1) is 12.6. The molecule has 2 aromatic rings. The third kappa shape index (κ3) is 2.36. The highest BCUT2D eigenvalue weighted by Crippen LogP contribution is 2.22. The molecule has 0 aliphatic carbocycles. The van der Waals surface area contributed by atoms with Gasteiger partial charge in [-0.05, 0) is 18.6 Å². The molecule has 0 bridgehead atoms. The van der Waals surface area contributed by atoms with Gasteiger partial charge in [-0.1, -0.05) is 6.07 Å². The monoisotopic (exact) mass is 245 g/mol. The number of pyridine rings is 1. The van der Waals surface area contributed by atoms with Crippen LogP contribution in [0.1, 0.15) is 16.8 Å². The minimum Gasteiger partial charge on any atom is -0.355 e. The molecule has 0 spiro atoms. The van der Waals surface area contributed by atoms with E-state index in [0.29, 0.717) is 6.54 Å². The smallest absolute Gasteiger partial charge is 0.131 e. The van der Waals surface area contributed by atoms with Gasteiger partial charge in [0.2, 0.25) is 0 Å². The number of aryl methyl sites for hydroxylation is 2. The van der Waals surface area contributed by atoms with Gasteiger partial charge in [0.25, 0.3) is 0 Å². The van der Waals surface area contributed by atoms with Crippen LogP contribution in [0.25, 0.3) is 0 Å². The van der Waals surface area contributed by atoms with E-state index in [4.69, 9.17) is 5.73 Å². The highest BCUT2D eigenvalue weighted by molar-refractivity contribution is 5.49. The van der Waals surface area contributed by atoms with Crippen LogP contribution in [0.2, 0.25) is 0 Å². The predicted molar refractivity (Wildman–Crippen MR) is 72.2 cm³/mol. The quantitative estimate of drug-likeness (QED) is 0.880. The first-order valence-corrected chi connectivity index (χ1v) is 5.96. The molecule has 0 radical (unpaired) electrons. The van der Waals surface area contributed by atoms with Gasteiger partial charge in [-0.2, -0.15) is 5.10 Å². The van der Waals surface area contributed by atoms with Crippen LogP contribution in [0.4, 0.5) is 5.82 Å². The fraction of sp³-hybridized carbons (Fsp3) is 0.385. The summed E-state index contributed by atoms with van der Waals surface area (Å²) >= 11 is 0. The lowest BCUT2D eigenvalue weighted by Gasteiger charge is -2.20. The van der Waals surface area contributed by atoms with E-state index in [1.54, 1.807) is 6.20 Å². The molecule has 0 fully saturated rings. The van der Waals surface area contributed by atoms with Crippen LogP contribution < -0.4 is 10.6 Å². The Kier molecular flexibility index (Phi) is 3.62. The van der Waals surface area contributed by atoms with Crippen LogP contribution in [-0.2, 0) is 20.1 Å². The minimum atomic E-state index is 0.506. The average Bonchev–Trinajstić information content (AvgIpc) is 2.64. The van der Waals surface area contributed by atoms with Crippen molar-refractivity contribution in [3.8, 4) is 0 Å². The number of nitrogens with zero attached hydrogens (tertiary/aromatic N) is 4. The fourth-order valence-corrected chi connectivity index (χ4v) is 2.25. The van der Waals surface area contributed by atoms with E-state index in [1.165, 1.54) is 5.56 Å². The second kappa shape index (κ2) is 5.18. The van der Waals surface area contributed by atoms with E-state index in [9.17, 15) is 0 Å². The van der Waals surface area contributed by atoms with Crippen LogP contribution in [-0.4, -0.2) is 21.8 Å². The minimum absolute atomic E-state index is 0.506. The Hall–Kier alpha value is -1.88. The molecule has 96 valence electrons. The summed E-state index contributed by atoms with van der Waals surface area (Å²) in [5.41, 5.74) is 9.07. The van der Waals surface area contributed by atoms with Crippen molar-refractivity contribution in [2.24, 2.45) is 12.8 Å². The van der Waals surface area contributed by atoms with Crippen molar-refractivity contribution in [3.05, 3.63) is 41.3 Å². The molecule has 0 aromatic carbocycles. The van der Waals surface area contributed by atoms with E-state index in [2.05, 4.69) is 21.0 Å². The Balaban J connectivity index is 2.26. The zero-order valence-corrected chi connectivity index (χ0v) is 11.1. The molecule has 2 heterocycles. The Morgan fingerprint density at radius 1 is 1.44 bits per heavy atom. The maximum absolute atomic E-state index is 5.80. The van der Waals surface area contributed by atoms with Crippen molar-refractivity contribution >= 4 is 5.82 Å². The van der Waals surface area contributed by atoms with Gasteiger partial charge in [0.15, 0.2) is 0 Å². The number of nitrogens with two attached hydrogens (primary N) is 1. The highest BCUT2D eigenvalue weighted by atomic mass is 15.4. The van der Waals surface area contributed by atoms with Crippen LogP contribution in [0.3, 0.4) is 0 Å². The lowest BCUT2D eigenvalue weighted by Crippen LogP contribution is -2.21. The van der Waals surface area contributed by atoms with Crippen LogP contribution in [0.15, 0.2) is 24.5 Å². The van der Waals surface area contributed by atoms with Gasteiger partial charge < -0.3 is 10.6 Å². The summed E-state index contributed by atoms with van der Waals surface area (Å²) in [6, 6.07) is 4.01. The van der Waals surface area contributed by atoms with E-state index < -0.39 is 0 Å². The number of anilines is 1. The van der Waals surface area contributed by atoms with Gasteiger partial charge in [-0.3, -0.25) is 9.67 Å². The topological polar surface area (TPSA) is 60.0 Å². The second-order valence-corrected chi connectivity index (χ2v) is 4.43. The van der Waals surface area contributed by atoms with Crippen LogP contribution in [0.5, 0.6) is 0 Å². The lowest BCUT2D eigenvalue weighted by molar-refractivity contribution is 0.725. The van der Waals surface area contributed by atoms with Gasteiger partial charge in [0.05, 0.1) is 5.69 Å². The third-order valence-corrected chi connectivity index (χ3v) is 3.02. The van der Waals surface area contributed by atoms with Crippen molar-refractivity contribution in [2.75, 3.05) is 11.9 Å². The Morgan fingerprint density at radius 3 is 2.83 bits per heavy atom. The molecule has 0 saturated carbocycles. The maximum atomic E-state index is 5.80. The lowest BCUT2D eigenvalue weighted by atomic mass is 10.2. The molecule has 2 N–H and O–H groups in total. The van der Waals surface area contributed by atoms with Gasteiger partial charge >= 0.3 is 0 Å². The van der Waals surface area contributed by atoms with Crippen molar-refractivity contribution in [3.63, 3.8) is 0 Å². The van der Waals surface area contributed by atoms with Crippen LogP contribution >= 0.6 is 0 Å². The van der Waals surface area contributed by atoms with Gasteiger partial charge in [-0.25, -0.2) is 0 Å². The zero-order valence-electron chi connectivity index (χ0n) is 11.1. The number of aromatic nitrogens is 3. The first-order chi connectivity index (χ1) is 8.63. The summed E-state index contributed by atoms with van der Waals surface area (Å²) in [6.45, 7) is 3.29. The molecule has 0 amide bonds. The summed E-state index contributed by atoms with van der Waals surface area (Å²) < 4.78 is 1.88. The molecule has 2 rings (SSSR count). The largest absolute Gasteiger partial charge is 0.355 e. The second-order valence-electron chi connectivity index (χ2n) is 4.43. The Morgan fingerprint density at radius 2 is 2.22 bits per heavy atom. The molecule has 0 unspecified atom stereocenters. The number of hydrogen-bond acceptors (Lipinski definition) is 4. The number of hydrogen-bond donors (Lipinski definition) is 1. The summed E-state index contributed by atoms with van der Waals surface area (Å²) in [5, 5.41) is 4.42. The van der Waals surface area contributed by atoms with Gasteiger partial charge in [0, 0.05) is 45.1 Å². The van der Waals surface area contributed by atoms with Crippen molar-refractivity contribution in [2.45, 2.75) is 20.0 Å². The molecule has 5 nitrogen and oxygen atoms in total. The van der Waals surface area contributed by atoms with E-state index in [0.717, 1.165) is 23.6 Å². The predicted octanol–water partition coefficient (Wildman–Crippen LogP) is 1.22. The molecule has 2 aromatic heterocycles. The SMILES string of the molecule is Cc1nn(C)c(N(C)Cc2cccnc2)c1CN. The molecule has 0 saturated heterocycles. The average molecular weight is 245 g/mol. The molecule has 0 aliphatic rings. The summed E-state index contributed by atoms with van der Waals surface area (Å²) in [7, 11) is 3.99. The maximum Gasteiger partial charge on any atom is 0.131 e. The molecule has 5 heteroatoms. The van der Waals surface area contributed by atoms with Crippen molar-refractivity contribution in [1.29, 1.82) is 0 Å². The standard InChI is InChI=1S/C13H19N5/c1-10-12(7-14)13(18(3)16-10)17(2)9-11-5-4-6-15-8-11/h4-6,8H,7,9,14H2,1-3H3. The van der Waals surface area contributed by atoms with Crippen molar-refractivity contribution < 1.29 is 0 Å². The van der Waals surface area contributed by atoms with E-state index in [-0.39, 0.29) is 0 Å². The van der Waals surface area contributed by atoms with Gasteiger partial charge in [0.1, 0.15) is 5.82 Å². The van der Waals surface area contributed by atoms with Crippen molar-refractivity contribution in [1.82, 2.24) is 14.8 Å². The number of rotatable bonds is 4. The summed E-state index contributed by atoms with van der Waals surface area (Å²) in [6.07, 6.45) is 3.66. The molecule has 0 atom stereocenters. The fourth-order valence-electron chi connectivity index (χ4n) is 2.25. The summed E-state index contributed by atoms with van der Waals surface area (Å²) in [5.74, 6) is 1.07. The molecule has 18 heavy (non-hydrogen) atoms. The highest BCUT2D eigenvalue weighted by Gasteiger charge is 2.15. The van der Waals surface area contributed by atoms with Crippen LogP contribution in [0, 0.1) is 6.92 Å². The molecular weight excluding hydrogens is 226 g/mol. The first-order valence-electron chi connectivity index (χ1n) is 5.96. The summed E-state index contributed by atoms with van der Waals surface area (Å²) in [4.78, 5) is 6.28. The Labute approximate surface area is 107 Å². The molecule has 0 aliphatic heterocycles. The van der Waals surface area contributed by atoms with E-state index in [1.807, 2.05) is 38.0 Å². The van der Waals surface area contributed by atoms with E-state index >= 15 is 0 Å². The zero-order chi connectivity index (χ0) is 13.1.